The van der Waals surface area contributed by atoms with E-state index in [4.69, 9.17) is 4.74 Å². The maximum absolute atomic E-state index is 5.78. The summed E-state index contributed by atoms with van der Waals surface area (Å²) in [5.41, 5.74) is 0.325. The minimum absolute atomic E-state index is 0.325. The zero-order chi connectivity index (χ0) is 18.3. The maximum atomic E-state index is 5.78. The van der Waals surface area contributed by atoms with E-state index in [9.17, 15) is 0 Å². The molecule has 1 atom stereocenters. The second-order valence-electron chi connectivity index (χ2n) is 9.13. The van der Waals surface area contributed by atoms with Crippen molar-refractivity contribution in [1.29, 1.82) is 0 Å². The molecule has 1 aliphatic heterocycles. The molecule has 0 bridgehead atoms. The van der Waals surface area contributed by atoms with Crippen LogP contribution in [0.1, 0.15) is 86.0 Å². The second kappa shape index (κ2) is 10.3. The Hall–Kier alpha value is -0.120. The number of hydrogen-bond acceptors (Lipinski definition) is 3. The Morgan fingerprint density at radius 1 is 1.04 bits per heavy atom. The summed E-state index contributed by atoms with van der Waals surface area (Å²) in [7, 11) is 0. The molecule has 2 aliphatic rings. The summed E-state index contributed by atoms with van der Waals surface area (Å²) in [5, 5.41) is 0. The van der Waals surface area contributed by atoms with Gasteiger partial charge >= 0.3 is 0 Å². The average molecular weight is 353 g/mol. The first-order valence-electron chi connectivity index (χ1n) is 11.1. The molecule has 2 rings (SSSR count). The minimum Gasteiger partial charge on any atom is -0.379 e. The molecule has 2 fully saturated rings. The van der Waals surface area contributed by atoms with Crippen LogP contribution in [0.2, 0.25) is 0 Å². The molecule has 0 aromatic rings. The Kier molecular flexibility index (Phi) is 8.71. The van der Waals surface area contributed by atoms with Crippen LogP contribution in [0.5, 0.6) is 0 Å². The van der Waals surface area contributed by atoms with Crippen molar-refractivity contribution in [2.45, 2.75) is 104 Å². The highest BCUT2D eigenvalue weighted by atomic mass is 16.5. The predicted molar refractivity (Wildman–Crippen MR) is 108 cm³/mol. The molecule has 0 radical (unpaired) electrons. The predicted octanol–water partition coefficient (Wildman–Crippen LogP) is 4.95. The van der Waals surface area contributed by atoms with Crippen LogP contribution in [-0.4, -0.2) is 60.3 Å². The van der Waals surface area contributed by atoms with E-state index in [-0.39, 0.29) is 0 Å². The Labute approximate surface area is 157 Å². The third-order valence-electron chi connectivity index (χ3n) is 6.70. The third-order valence-corrected chi connectivity index (χ3v) is 6.70. The lowest BCUT2D eigenvalue weighted by Gasteiger charge is -2.50. The Morgan fingerprint density at radius 2 is 1.76 bits per heavy atom. The van der Waals surface area contributed by atoms with Gasteiger partial charge in [-0.15, -0.1) is 0 Å². The topological polar surface area (TPSA) is 15.7 Å². The molecule has 1 saturated carbocycles. The number of unbranched alkanes of at least 4 members (excludes halogenated alkanes) is 1. The molecule has 148 valence electrons. The van der Waals surface area contributed by atoms with Crippen molar-refractivity contribution in [2.75, 3.05) is 32.8 Å². The van der Waals surface area contributed by atoms with Crippen molar-refractivity contribution in [2.24, 2.45) is 5.92 Å². The normalized spacial score (nSPS) is 29.6. The summed E-state index contributed by atoms with van der Waals surface area (Å²) in [6.07, 6.45) is 11.4. The highest BCUT2D eigenvalue weighted by Gasteiger charge is 2.35. The van der Waals surface area contributed by atoms with E-state index >= 15 is 0 Å². The van der Waals surface area contributed by atoms with Crippen LogP contribution in [0.4, 0.5) is 0 Å². The molecular formula is C22H44N2O. The van der Waals surface area contributed by atoms with Gasteiger partial charge in [0.15, 0.2) is 0 Å². The van der Waals surface area contributed by atoms with Gasteiger partial charge in [0.05, 0.1) is 6.10 Å². The highest BCUT2D eigenvalue weighted by Crippen LogP contribution is 2.30. The average Bonchev–Trinajstić information content (AvgIpc) is 2.59. The fourth-order valence-corrected chi connectivity index (χ4v) is 5.09. The molecule has 0 spiro atoms. The standard InChI is InChI=1S/C22H44N2O/c1-6-19(3)24-17-16-23(18-22(24,4)5)15-9-8-10-20-11-13-21(14-12-20)25-7-2/h19-21H,6-18H2,1-5H3/t19?,20-,21-. The molecule has 1 aliphatic carbocycles. The molecule has 25 heavy (non-hydrogen) atoms. The van der Waals surface area contributed by atoms with E-state index in [1.807, 2.05) is 0 Å². The molecular weight excluding hydrogens is 308 g/mol. The minimum atomic E-state index is 0.325. The first-order valence-corrected chi connectivity index (χ1v) is 11.1. The van der Waals surface area contributed by atoms with Crippen LogP contribution >= 0.6 is 0 Å². The fraction of sp³-hybridized carbons (Fsp3) is 1.00. The Balaban J connectivity index is 1.60. The number of ether oxygens (including phenoxy) is 1. The lowest BCUT2D eigenvalue weighted by molar-refractivity contribution is -0.00794. The van der Waals surface area contributed by atoms with E-state index in [0.717, 1.165) is 12.5 Å². The van der Waals surface area contributed by atoms with Gasteiger partial charge in [-0.25, -0.2) is 0 Å². The fourth-order valence-electron chi connectivity index (χ4n) is 5.09. The van der Waals surface area contributed by atoms with Gasteiger partial charge in [0.1, 0.15) is 0 Å². The van der Waals surface area contributed by atoms with Gasteiger partial charge in [-0.3, -0.25) is 4.90 Å². The van der Waals surface area contributed by atoms with Crippen LogP contribution in [0.25, 0.3) is 0 Å². The molecule has 0 N–H and O–H groups in total. The van der Waals surface area contributed by atoms with Crippen molar-refractivity contribution in [3.63, 3.8) is 0 Å². The molecule has 3 nitrogen and oxygen atoms in total. The largest absolute Gasteiger partial charge is 0.379 e. The summed E-state index contributed by atoms with van der Waals surface area (Å²) < 4.78 is 5.78. The molecule has 0 amide bonds. The Bertz CT molecular complexity index is 363. The van der Waals surface area contributed by atoms with E-state index in [0.29, 0.717) is 17.7 Å². The molecule has 0 aromatic heterocycles. The quantitative estimate of drug-likeness (QED) is 0.546. The van der Waals surface area contributed by atoms with Crippen molar-refractivity contribution in [3.05, 3.63) is 0 Å². The first-order chi connectivity index (χ1) is 12.0. The van der Waals surface area contributed by atoms with Gasteiger partial charge in [-0.05, 0) is 78.7 Å². The molecule has 1 unspecified atom stereocenters. The van der Waals surface area contributed by atoms with Crippen LogP contribution < -0.4 is 0 Å². The van der Waals surface area contributed by atoms with E-state index in [2.05, 4.69) is 44.4 Å². The van der Waals surface area contributed by atoms with E-state index < -0.39 is 0 Å². The molecule has 1 heterocycles. The molecule has 3 heteroatoms. The number of rotatable bonds is 9. The zero-order valence-corrected chi connectivity index (χ0v) is 17.7. The smallest absolute Gasteiger partial charge is 0.0575 e. The lowest BCUT2D eigenvalue weighted by Crippen LogP contribution is -2.61. The number of nitrogens with zero attached hydrogens (tertiary/aromatic N) is 2. The summed E-state index contributed by atoms with van der Waals surface area (Å²) in [6, 6.07) is 0.712. The number of hydrogen-bond donors (Lipinski definition) is 0. The SMILES string of the molecule is CCO[C@H]1CC[C@H](CCCCN2CCN(C(C)CC)C(C)(C)C2)CC1. The van der Waals surface area contributed by atoms with Gasteiger partial charge in [0.25, 0.3) is 0 Å². The monoisotopic (exact) mass is 352 g/mol. The number of piperazine rings is 1. The zero-order valence-electron chi connectivity index (χ0n) is 17.7. The van der Waals surface area contributed by atoms with Crippen LogP contribution in [0, 0.1) is 5.92 Å². The summed E-state index contributed by atoms with van der Waals surface area (Å²) in [5.74, 6) is 0.968. The van der Waals surface area contributed by atoms with Crippen molar-refractivity contribution >= 4 is 0 Å². The van der Waals surface area contributed by atoms with Gasteiger partial charge in [-0.1, -0.05) is 19.8 Å². The van der Waals surface area contributed by atoms with Crippen molar-refractivity contribution in [1.82, 2.24) is 9.80 Å². The van der Waals surface area contributed by atoms with Crippen LogP contribution in [0.15, 0.2) is 0 Å². The maximum Gasteiger partial charge on any atom is 0.0575 e. The van der Waals surface area contributed by atoms with Crippen molar-refractivity contribution in [3.8, 4) is 0 Å². The van der Waals surface area contributed by atoms with Gasteiger partial charge < -0.3 is 9.64 Å². The van der Waals surface area contributed by atoms with E-state index in [1.54, 1.807) is 0 Å². The Morgan fingerprint density at radius 3 is 2.36 bits per heavy atom. The van der Waals surface area contributed by atoms with E-state index in [1.165, 1.54) is 77.5 Å². The summed E-state index contributed by atoms with van der Waals surface area (Å²) in [6.45, 7) is 17.6. The summed E-state index contributed by atoms with van der Waals surface area (Å²) >= 11 is 0. The second-order valence-corrected chi connectivity index (χ2v) is 9.13. The third kappa shape index (κ3) is 6.52. The molecule has 0 aromatic carbocycles. The lowest BCUT2D eigenvalue weighted by atomic mass is 9.84. The van der Waals surface area contributed by atoms with Gasteiger partial charge in [-0.2, -0.15) is 0 Å². The van der Waals surface area contributed by atoms with Crippen molar-refractivity contribution < 1.29 is 4.74 Å². The van der Waals surface area contributed by atoms with Crippen LogP contribution in [-0.2, 0) is 4.74 Å². The summed E-state index contributed by atoms with van der Waals surface area (Å²) in [4.78, 5) is 5.44. The molecule has 1 saturated heterocycles. The highest BCUT2D eigenvalue weighted by molar-refractivity contribution is 4.92. The first kappa shape index (κ1) is 21.2. The van der Waals surface area contributed by atoms with Crippen LogP contribution in [0.3, 0.4) is 0 Å². The van der Waals surface area contributed by atoms with Gasteiger partial charge in [0, 0.05) is 37.8 Å². The van der Waals surface area contributed by atoms with Gasteiger partial charge in [0.2, 0.25) is 0 Å².